The van der Waals surface area contributed by atoms with Gasteiger partial charge >= 0.3 is 0 Å². The molecule has 0 unspecified atom stereocenters. The minimum absolute atomic E-state index is 0.0612. The highest BCUT2D eigenvalue weighted by molar-refractivity contribution is 8.00. The highest BCUT2D eigenvalue weighted by atomic mass is 35.5. The summed E-state index contributed by atoms with van der Waals surface area (Å²) in [7, 11) is 0. The molecule has 0 spiro atoms. The Morgan fingerprint density at radius 1 is 1.08 bits per heavy atom. The molecule has 4 nitrogen and oxygen atoms in total. The monoisotopic (exact) mass is 383 g/mol. The Labute approximate surface area is 161 Å². The first-order chi connectivity index (χ1) is 12.8. The summed E-state index contributed by atoms with van der Waals surface area (Å²) in [4.78, 5) is 14.1. The van der Waals surface area contributed by atoms with Gasteiger partial charge in [-0.1, -0.05) is 48.5 Å². The Hall–Kier alpha value is -2.24. The van der Waals surface area contributed by atoms with Crippen LogP contribution in [0.4, 0.5) is 0 Å². The second-order valence-corrected chi connectivity index (χ2v) is 7.47. The van der Waals surface area contributed by atoms with E-state index in [4.69, 9.17) is 16.7 Å². The van der Waals surface area contributed by atoms with Gasteiger partial charge in [-0.15, -0.1) is 23.4 Å². The first kappa shape index (κ1) is 17.2. The van der Waals surface area contributed by atoms with Gasteiger partial charge in [0.05, 0.1) is 17.1 Å². The molecule has 0 N–H and O–H groups in total. The molecule has 3 aromatic rings. The van der Waals surface area contributed by atoms with Crippen LogP contribution in [0.5, 0.6) is 0 Å². The van der Waals surface area contributed by atoms with Crippen molar-refractivity contribution < 1.29 is 4.79 Å². The second-order valence-electron chi connectivity index (χ2n) is 6.02. The van der Waals surface area contributed by atoms with Crippen LogP contribution >= 0.6 is 23.4 Å². The van der Waals surface area contributed by atoms with E-state index in [1.807, 2.05) is 64.3 Å². The number of para-hydroxylation sites is 1. The van der Waals surface area contributed by atoms with E-state index in [2.05, 4.69) is 12.1 Å². The van der Waals surface area contributed by atoms with Crippen LogP contribution in [0.1, 0.15) is 10.9 Å². The van der Waals surface area contributed by atoms with Gasteiger partial charge in [0, 0.05) is 29.7 Å². The quantitative estimate of drug-likeness (QED) is 0.615. The number of carbonyl (C=O) groups is 1. The van der Waals surface area contributed by atoms with Crippen molar-refractivity contribution in [1.82, 2.24) is 14.7 Å². The fraction of sp³-hybridized carbons (Fsp3) is 0.200. The Kier molecular flexibility index (Phi) is 5.00. The molecule has 1 saturated heterocycles. The molecule has 4 rings (SSSR count). The number of halogens is 1. The van der Waals surface area contributed by atoms with Crippen molar-refractivity contribution in [2.75, 3.05) is 18.2 Å². The van der Waals surface area contributed by atoms with E-state index in [0.29, 0.717) is 18.2 Å². The van der Waals surface area contributed by atoms with E-state index >= 15 is 0 Å². The van der Waals surface area contributed by atoms with Crippen LogP contribution in [0.2, 0.25) is 0 Å². The molecule has 1 amide bonds. The van der Waals surface area contributed by atoms with Crippen LogP contribution in [0, 0.1) is 0 Å². The number of benzene rings is 2. The molecule has 6 heteroatoms. The molecule has 2 aromatic carbocycles. The summed E-state index contributed by atoms with van der Waals surface area (Å²) >= 11 is 7.57. The van der Waals surface area contributed by atoms with Crippen molar-refractivity contribution in [3.63, 3.8) is 0 Å². The lowest BCUT2D eigenvalue weighted by Crippen LogP contribution is -2.30. The maximum absolute atomic E-state index is 12.3. The van der Waals surface area contributed by atoms with Gasteiger partial charge in [-0.05, 0) is 12.1 Å². The van der Waals surface area contributed by atoms with Crippen molar-refractivity contribution in [1.29, 1.82) is 0 Å². The fourth-order valence-corrected chi connectivity index (χ4v) is 4.55. The van der Waals surface area contributed by atoms with Gasteiger partial charge < -0.3 is 4.90 Å². The summed E-state index contributed by atoms with van der Waals surface area (Å²) in [6.45, 7) is 0.544. The van der Waals surface area contributed by atoms with Gasteiger partial charge in [0.15, 0.2) is 0 Å². The number of thioether (sulfide) groups is 1. The minimum atomic E-state index is -0.0612. The number of hydrogen-bond acceptors (Lipinski definition) is 3. The lowest BCUT2D eigenvalue weighted by atomic mass is 10.1. The van der Waals surface area contributed by atoms with Gasteiger partial charge in [-0.25, -0.2) is 4.68 Å². The Morgan fingerprint density at radius 2 is 1.77 bits per heavy atom. The van der Waals surface area contributed by atoms with E-state index in [1.165, 1.54) is 0 Å². The Bertz CT molecular complexity index is 898. The average molecular weight is 384 g/mol. The molecule has 1 fully saturated rings. The number of rotatable bonds is 5. The van der Waals surface area contributed by atoms with Gasteiger partial charge in [-0.2, -0.15) is 5.10 Å². The third-order valence-electron chi connectivity index (χ3n) is 4.37. The molecule has 2 heterocycles. The summed E-state index contributed by atoms with van der Waals surface area (Å²) in [5.74, 6) is 1.04. The zero-order valence-electron chi connectivity index (χ0n) is 14.1. The number of hydrogen-bond donors (Lipinski definition) is 0. The van der Waals surface area contributed by atoms with E-state index in [-0.39, 0.29) is 11.3 Å². The van der Waals surface area contributed by atoms with Crippen LogP contribution in [0.25, 0.3) is 16.9 Å². The number of amides is 1. The zero-order valence-corrected chi connectivity index (χ0v) is 15.7. The predicted molar refractivity (Wildman–Crippen MR) is 107 cm³/mol. The highest BCUT2D eigenvalue weighted by Crippen LogP contribution is 2.42. The summed E-state index contributed by atoms with van der Waals surface area (Å²) in [5, 5.41) is 4.79. The van der Waals surface area contributed by atoms with Gasteiger partial charge in [0.2, 0.25) is 5.91 Å². The lowest BCUT2D eigenvalue weighted by molar-refractivity contribution is -0.127. The molecular formula is C20H18ClN3OS. The Morgan fingerprint density at radius 3 is 2.46 bits per heavy atom. The molecule has 1 aliphatic heterocycles. The maximum atomic E-state index is 12.3. The zero-order chi connectivity index (χ0) is 17.9. The molecular weight excluding hydrogens is 366 g/mol. The van der Waals surface area contributed by atoms with Crippen molar-refractivity contribution in [3.05, 3.63) is 72.4 Å². The molecule has 0 bridgehead atoms. The number of alkyl halides is 1. The largest absolute Gasteiger partial charge is 0.324 e. The molecule has 0 aliphatic carbocycles. The van der Waals surface area contributed by atoms with Crippen LogP contribution in [0.3, 0.4) is 0 Å². The van der Waals surface area contributed by atoms with Crippen LogP contribution < -0.4 is 0 Å². The van der Waals surface area contributed by atoms with E-state index < -0.39 is 0 Å². The molecule has 1 atom stereocenters. The topological polar surface area (TPSA) is 38.1 Å². The van der Waals surface area contributed by atoms with Crippen LogP contribution in [-0.4, -0.2) is 38.8 Å². The van der Waals surface area contributed by atoms with Crippen molar-refractivity contribution in [2.24, 2.45) is 0 Å². The van der Waals surface area contributed by atoms with Gasteiger partial charge in [0.25, 0.3) is 0 Å². The van der Waals surface area contributed by atoms with Crippen molar-refractivity contribution in [3.8, 4) is 16.9 Å². The number of carbonyl (C=O) groups excluding carboxylic acids is 1. The third kappa shape index (κ3) is 3.24. The predicted octanol–water partition coefficient (Wildman–Crippen LogP) is 4.35. The fourth-order valence-electron chi connectivity index (χ4n) is 3.15. The lowest BCUT2D eigenvalue weighted by Gasteiger charge is -2.22. The summed E-state index contributed by atoms with van der Waals surface area (Å²) < 4.78 is 1.89. The van der Waals surface area contributed by atoms with E-state index in [1.54, 1.807) is 11.8 Å². The number of aromatic nitrogens is 2. The normalized spacial score (nSPS) is 17.0. The van der Waals surface area contributed by atoms with Crippen LogP contribution in [0.15, 0.2) is 66.9 Å². The van der Waals surface area contributed by atoms with Gasteiger partial charge in [-0.3, -0.25) is 4.79 Å². The summed E-state index contributed by atoms with van der Waals surface area (Å²) in [6.07, 6.45) is 2.04. The number of nitrogens with zero attached hydrogens (tertiary/aromatic N) is 3. The molecule has 132 valence electrons. The van der Waals surface area contributed by atoms with Crippen LogP contribution in [-0.2, 0) is 4.79 Å². The van der Waals surface area contributed by atoms with E-state index in [0.717, 1.165) is 22.5 Å². The first-order valence-corrected chi connectivity index (χ1v) is 10.0. The van der Waals surface area contributed by atoms with Gasteiger partial charge in [0.1, 0.15) is 5.37 Å². The highest BCUT2D eigenvalue weighted by Gasteiger charge is 2.35. The van der Waals surface area contributed by atoms with Crippen molar-refractivity contribution in [2.45, 2.75) is 5.37 Å². The molecule has 1 aromatic heterocycles. The first-order valence-electron chi connectivity index (χ1n) is 8.45. The molecule has 1 aliphatic rings. The Balaban J connectivity index is 1.82. The standard InChI is InChI=1S/C20H18ClN3OS/c21-11-12-23-18(25)14-26-20(23)17-13-24(16-9-5-2-6-10-16)22-19(17)15-7-3-1-4-8-15/h1-10,13,20H,11-12,14H2/t20-/m1/s1. The second kappa shape index (κ2) is 7.56. The molecule has 0 saturated carbocycles. The smallest absolute Gasteiger partial charge is 0.233 e. The molecule has 26 heavy (non-hydrogen) atoms. The van der Waals surface area contributed by atoms with E-state index in [9.17, 15) is 4.79 Å². The molecule has 0 radical (unpaired) electrons. The summed E-state index contributed by atoms with van der Waals surface area (Å²) in [5.41, 5.74) is 3.99. The SMILES string of the molecule is O=C1CS[C@H](c2cn(-c3ccccc3)nc2-c2ccccc2)N1CCCl. The minimum Gasteiger partial charge on any atom is -0.324 e. The average Bonchev–Trinajstić information content (AvgIpc) is 3.28. The maximum Gasteiger partial charge on any atom is 0.233 e. The summed E-state index contributed by atoms with van der Waals surface area (Å²) in [6, 6.07) is 20.1. The van der Waals surface area contributed by atoms with Crippen molar-refractivity contribution >= 4 is 29.3 Å². The third-order valence-corrected chi connectivity index (χ3v) is 5.78.